The molecule has 2 unspecified atom stereocenters. The van der Waals surface area contributed by atoms with Crippen LogP contribution in [0.4, 0.5) is 0 Å². The first kappa shape index (κ1) is 21.9. The Kier molecular flexibility index (Phi) is 7.16. The van der Waals surface area contributed by atoms with E-state index in [-0.39, 0.29) is 12.3 Å². The Labute approximate surface area is 153 Å². The summed E-state index contributed by atoms with van der Waals surface area (Å²) in [6, 6.07) is 5.75. The van der Waals surface area contributed by atoms with Crippen molar-refractivity contribution in [3.8, 4) is 5.75 Å². The van der Waals surface area contributed by atoms with Gasteiger partial charge in [0.25, 0.3) is 0 Å². The van der Waals surface area contributed by atoms with Gasteiger partial charge in [0.15, 0.2) is 0 Å². The maximum atomic E-state index is 12.7. The molecule has 0 fully saturated rings. The van der Waals surface area contributed by atoms with Crippen LogP contribution in [0.3, 0.4) is 0 Å². The smallest absolute Gasteiger partial charge is 0.314 e. The van der Waals surface area contributed by atoms with Crippen LogP contribution in [0.25, 0.3) is 0 Å². The maximum absolute atomic E-state index is 12.7. The molecule has 0 aromatic heterocycles. The highest BCUT2D eigenvalue weighted by atomic mass is 32.2. The average Bonchev–Trinajstić information content (AvgIpc) is 2.49. The number of methoxy groups -OCH3 is 1. The molecule has 2 atom stereocenters. The summed E-state index contributed by atoms with van der Waals surface area (Å²) in [5, 5.41) is 0. The second-order valence-corrected chi connectivity index (χ2v) is 8.31. The van der Waals surface area contributed by atoms with Crippen LogP contribution in [0.5, 0.6) is 5.75 Å². The van der Waals surface area contributed by atoms with Gasteiger partial charge in [-0.05, 0) is 38.5 Å². The number of hydrogen-bond acceptors (Lipinski definition) is 8. The molecule has 0 heterocycles. The van der Waals surface area contributed by atoms with Gasteiger partial charge in [0.05, 0.1) is 25.2 Å². The van der Waals surface area contributed by atoms with Crippen LogP contribution in [0.2, 0.25) is 0 Å². The monoisotopic (exact) mass is 387 g/mol. The summed E-state index contributed by atoms with van der Waals surface area (Å²) >= 11 is 0. The van der Waals surface area contributed by atoms with Crippen LogP contribution in [0, 0.1) is 5.92 Å². The van der Waals surface area contributed by atoms with Crippen molar-refractivity contribution in [2.75, 3.05) is 19.9 Å². The summed E-state index contributed by atoms with van der Waals surface area (Å²) in [5.74, 6) is -3.13. The zero-order chi connectivity index (χ0) is 20.1. The first-order chi connectivity index (χ1) is 11.9. The molecule has 146 valence electrons. The Balaban J connectivity index is 3.26. The van der Waals surface area contributed by atoms with Crippen LogP contribution in [0.1, 0.15) is 32.3 Å². The molecule has 1 rings (SSSR count). The topological polar surface area (TPSA) is 122 Å². The zero-order valence-corrected chi connectivity index (χ0v) is 16.3. The van der Waals surface area contributed by atoms with Gasteiger partial charge in [-0.1, -0.05) is 12.1 Å². The quantitative estimate of drug-likeness (QED) is 0.547. The van der Waals surface area contributed by atoms with Gasteiger partial charge >= 0.3 is 22.1 Å². The molecule has 0 bridgehead atoms. The SMILES string of the molecule is COC(=O)C(CN)C(C(=O)OC(C)(C)C)c1ccc(OS(C)(=O)=O)cc1. The number of carbonyl (C=O) groups is 2. The lowest BCUT2D eigenvalue weighted by molar-refractivity contribution is -0.163. The highest BCUT2D eigenvalue weighted by Crippen LogP contribution is 2.30. The summed E-state index contributed by atoms with van der Waals surface area (Å²) < 4.78 is 37.3. The minimum absolute atomic E-state index is 0.0848. The third kappa shape index (κ3) is 6.64. The van der Waals surface area contributed by atoms with E-state index in [9.17, 15) is 18.0 Å². The molecule has 8 nitrogen and oxygen atoms in total. The molecule has 0 aliphatic carbocycles. The summed E-state index contributed by atoms with van der Waals surface area (Å²) in [5.41, 5.74) is 5.36. The van der Waals surface area contributed by atoms with E-state index in [1.165, 1.54) is 31.4 Å². The summed E-state index contributed by atoms with van der Waals surface area (Å²) in [6.45, 7) is 5.00. The Morgan fingerprint density at radius 3 is 2.04 bits per heavy atom. The van der Waals surface area contributed by atoms with Crippen molar-refractivity contribution in [2.24, 2.45) is 11.7 Å². The van der Waals surface area contributed by atoms with Crippen LogP contribution in [-0.2, 0) is 29.2 Å². The molecule has 0 saturated heterocycles. The fourth-order valence-corrected chi connectivity index (χ4v) is 2.78. The molecule has 0 aliphatic rings. The predicted molar refractivity (Wildman–Crippen MR) is 95.1 cm³/mol. The molecule has 26 heavy (non-hydrogen) atoms. The maximum Gasteiger partial charge on any atom is 0.314 e. The molecule has 9 heteroatoms. The number of ether oxygens (including phenoxy) is 2. The van der Waals surface area contributed by atoms with Crippen molar-refractivity contribution < 1.29 is 31.7 Å². The summed E-state index contributed by atoms with van der Waals surface area (Å²) in [6.07, 6.45) is 0.923. The highest BCUT2D eigenvalue weighted by Gasteiger charge is 2.37. The second-order valence-electron chi connectivity index (χ2n) is 6.73. The number of esters is 2. The third-order valence-electron chi connectivity index (χ3n) is 3.31. The molecule has 0 radical (unpaired) electrons. The third-order valence-corrected chi connectivity index (χ3v) is 3.80. The Hall–Kier alpha value is -2.13. The molecule has 2 N–H and O–H groups in total. The summed E-state index contributed by atoms with van der Waals surface area (Å²) in [7, 11) is -2.47. The first-order valence-corrected chi connectivity index (χ1v) is 9.69. The normalized spacial score (nSPS) is 14.2. The van der Waals surface area contributed by atoms with Crippen LogP contribution < -0.4 is 9.92 Å². The van der Waals surface area contributed by atoms with E-state index >= 15 is 0 Å². The largest absolute Gasteiger partial charge is 0.469 e. The number of benzene rings is 1. The van der Waals surface area contributed by atoms with Gasteiger partial charge < -0.3 is 19.4 Å². The molecule has 1 aromatic rings. The van der Waals surface area contributed by atoms with E-state index in [2.05, 4.69) is 0 Å². The van der Waals surface area contributed by atoms with Gasteiger partial charge in [-0.2, -0.15) is 8.42 Å². The molecule has 0 amide bonds. The number of rotatable bonds is 7. The van der Waals surface area contributed by atoms with Gasteiger partial charge in [-0.25, -0.2) is 0 Å². The minimum Gasteiger partial charge on any atom is -0.469 e. The molecule has 0 spiro atoms. The van der Waals surface area contributed by atoms with Crippen molar-refractivity contribution in [3.05, 3.63) is 29.8 Å². The van der Waals surface area contributed by atoms with Crippen molar-refractivity contribution >= 4 is 22.1 Å². The van der Waals surface area contributed by atoms with E-state index in [0.29, 0.717) is 5.56 Å². The minimum atomic E-state index is -3.67. The van der Waals surface area contributed by atoms with Gasteiger partial charge in [0.2, 0.25) is 0 Å². The predicted octanol–water partition coefficient (Wildman–Crippen LogP) is 1.20. The van der Waals surface area contributed by atoms with Gasteiger partial charge in [0.1, 0.15) is 11.4 Å². The molecule has 0 saturated carbocycles. The van der Waals surface area contributed by atoms with Crippen molar-refractivity contribution in [2.45, 2.75) is 32.3 Å². The van der Waals surface area contributed by atoms with Gasteiger partial charge in [0, 0.05) is 6.54 Å². The standard InChI is InChI=1S/C17H25NO7S/c1-17(2,3)24-16(20)14(13(10-18)15(19)23-4)11-6-8-12(9-7-11)25-26(5,21)22/h6-9,13-14H,10,18H2,1-5H3. The Morgan fingerprint density at radius 1 is 1.12 bits per heavy atom. The van der Waals surface area contributed by atoms with Crippen LogP contribution in [0.15, 0.2) is 24.3 Å². The number of hydrogen-bond donors (Lipinski definition) is 1. The highest BCUT2D eigenvalue weighted by molar-refractivity contribution is 7.86. The van der Waals surface area contributed by atoms with E-state index in [1.807, 2.05) is 0 Å². The number of carbonyl (C=O) groups excluding carboxylic acids is 2. The lowest BCUT2D eigenvalue weighted by atomic mass is 9.85. The zero-order valence-electron chi connectivity index (χ0n) is 15.5. The molecular formula is C17H25NO7S. The van der Waals surface area contributed by atoms with Gasteiger partial charge in [-0.3, -0.25) is 9.59 Å². The molecule has 0 aliphatic heterocycles. The lowest BCUT2D eigenvalue weighted by Crippen LogP contribution is -2.38. The first-order valence-electron chi connectivity index (χ1n) is 7.88. The summed E-state index contributed by atoms with van der Waals surface area (Å²) in [4.78, 5) is 24.7. The lowest BCUT2D eigenvalue weighted by Gasteiger charge is -2.27. The second kappa shape index (κ2) is 8.50. The van der Waals surface area contributed by atoms with Crippen LogP contribution >= 0.6 is 0 Å². The molecular weight excluding hydrogens is 362 g/mol. The Bertz CT molecular complexity index is 735. The van der Waals surface area contributed by atoms with Crippen LogP contribution in [-0.4, -0.2) is 45.9 Å². The average molecular weight is 387 g/mol. The van der Waals surface area contributed by atoms with Crippen molar-refractivity contribution in [1.82, 2.24) is 0 Å². The van der Waals surface area contributed by atoms with E-state index in [1.54, 1.807) is 20.8 Å². The Morgan fingerprint density at radius 2 is 1.65 bits per heavy atom. The molecule has 1 aromatic carbocycles. The van der Waals surface area contributed by atoms with E-state index in [0.717, 1.165) is 6.26 Å². The fourth-order valence-electron chi connectivity index (χ4n) is 2.32. The van der Waals surface area contributed by atoms with E-state index < -0.39 is 39.5 Å². The van der Waals surface area contributed by atoms with Crippen molar-refractivity contribution in [3.63, 3.8) is 0 Å². The number of nitrogens with two attached hydrogens (primary N) is 1. The fraction of sp³-hybridized carbons (Fsp3) is 0.529. The van der Waals surface area contributed by atoms with E-state index in [4.69, 9.17) is 19.4 Å². The van der Waals surface area contributed by atoms with Crippen molar-refractivity contribution in [1.29, 1.82) is 0 Å². The van der Waals surface area contributed by atoms with Gasteiger partial charge in [-0.15, -0.1) is 0 Å².